The molecular formula is C16H16N4O2S. The molecular weight excluding hydrogens is 312 g/mol. The van der Waals surface area contributed by atoms with Crippen molar-refractivity contribution in [1.82, 2.24) is 19.8 Å². The van der Waals surface area contributed by atoms with Crippen LogP contribution in [0.25, 0.3) is 17.0 Å². The van der Waals surface area contributed by atoms with Crippen molar-refractivity contribution in [2.75, 3.05) is 0 Å². The van der Waals surface area contributed by atoms with E-state index in [0.717, 1.165) is 5.56 Å². The molecule has 3 aromatic rings. The minimum atomic E-state index is -0.832. The number of carbonyl (C=O) groups is 1. The summed E-state index contributed by atoms with van der Waals surface area (Å²) in [5.74, 6) is -0.187. The van der Waals surface area contributed by atoms with E-state index in [4.69, 9.17) is 0 Å². The normalized spacial score (nSPS) is 12.4. The van der Waals surface area contributed by atoms with Gasteiger partial charge in [0.25, 0.3) is 0 Å². The second kappa shape index (κ2) is 6.37. The van der Waals surface area contributed by atoms with Crippen LogP contribution in [0.5, 0.6) is 0 Å². The lowest BCUT2D eigenvalue weighted by Crippen LogP contribution is -2.15. The molecule has 2 heterocycles. The van der Waals surface area contributed by atoms with Crippen LogP contribution in [0.2, 0.25) is 0 Å². The second-order valence-electron chi connectivity index (χ2n) is 5.18. The predicted octanol–water partition coefficient (Wildman–Crippen LogP) is 3.06. The van der Waals surface area contributed by atoms with Crippen molar-refractivity contribution in [2.24, 2.45) is 0 Å². The minimum Gasteiger partial charge on any atom is -0.480 e. The molecule has 7 heteroatoms. The Labute approximate surface area is 137 Å². The van der Waals surface area contributed by atoms with Crippen LogP contribution in [0.3, 0.4) is 0 Å². The number of nitrogens with zero attached hydrogens (tertiary/aromatic N) is 4. The van der Waals surface area contributed by atoms with Crippen LogP contribution < -0.4 is 0 Å². The van der Waals surface area contributed by atoms with Gasteiger partial charge in [-0.3, -0.25) is 4.79 Å². The molecule has 2 aromatic heterocycles. The zero-order chi connectivity index (χ0) is 16.4. The number of thioether (sulfide) groups is 1. The van der Waals surface area contributed by atoms with Crippen molar-refractivity contribution >= 4 is 23.4 Å². The summed E-state index contributed by atoms with van der Waals surface area (Å²) in [6.07, 6.45) is 0.534. The lowest BCUT2D eigenvalue weighted by molar-refractivity contribution is -0.136. The Morgan fingerprint density at radius 2 is 1.96 bits per heavy atom. The number of aromatic nitrogens is 4. The molecule has 0 aliphatic rings. The Balaban J connectivity index is 2.00. The zero-order valence-corrected chi connectivity index (χ0v) is 13.6. The van der Waals surface area contributed by atoms with Gasteiger partial charge in [0, 0.05) is 5.56 Å². The zero-order valence-electron chi connectivity index (χ0n) is 12.8. The van der Waals surface area contributed by atoms with Crippen molar-refractivity contribution in [1.29, 1.82) is 0 Å². The lowest BCUT2D eigenvalue weighted by atomic mass is 10.1. The highest BCUT2D eigenvalue weighted by Crippen LogP contribution is 2.25. The van der Waals surface area contributed by atoms with Crippen LogP contribution in [0.1, 0.15) is 18.9 Å². The monoisotopic (exact) mass is 328 g/mol. The number of benzene rings is 1. The smallest absolute Gasteiger partial charge is 0.317 e. The first-order chi connectivity index (χ1) is 11.1. The molecule has 0 aliphatic carbocycles. The van der Waals surface area contributed by atoms with E-state index < -0.39 is 11.2 Å². The summed E-state index contributed by atoms with van der Waals surface area (Å²) in [5.41, 5.74) is 2.72. The first-order valence-corrected chi connectivity index (χ1v) is 8.15. The number of carboxylic acid groups (broad SMARTS) is 1. The maximum absolute atomic E-state index is 11.2. The molecule has 6 nitrogen and oxygen atoms in total. The molecule has 118 valence electrons. The number of fused-ring (bicyclic) bond motifs is 1. The van der Waals surface area contributed by atoms with Gasteiger partial charge in [0.1, 0.15) is 10.3 Å². The van der Waals surface area contributed by atoms with Gasteiger partial charge in [0.2, 0.25) is 0 Å². The molecule has 0 bridgehead atoms. The molecule has 0 amide bonds. The molecule has 0 fully saturated rings. The highest BCUT2D eigenvalue weighted by atomic mass is 32.2. The summed E-state index contributed by atoms with van der Waals surface area (Å²) >= 11 is 1.23. The van der Waals surface area contributed by atoms with Crippen molar-refractivity contribution < 1.29 is 9.90 Å². The summed E-state index contributed by atoms with van der Waals surface area (Å²) in [7, 11) is 0. The first kappa shape index (κ1) is 15.5. The number of rotatable bonds is 5. The molecule has 0 radical (unpaired) electrons. The predicted molar refractivity (Wildman–Crippen MR) is 88.5 cm³/mol. The highest BCUT2D eigenvalue weighted by molar-refractivity contribution is 8.00. The van der Waals surface area contributed by atoms with E-state index in [9.17, 15) is 9.90 Å². The fourth-order valence-corrected chi connectivity index (χ4v) is 3.01. The van der Waals surface area contributed by atoms with Crippen LogP contribution in [0, 0.1) is 6.92 Å². The molecule has 1 N–H and O–H groups in total. The Bertz CT molecular complexity index is 845. The quantitative estimate of drug-likeness (QED) is 0.725. The van der Waals surface area contributed by atoms with Gasteiger partial charge in [-0.1, -0.05) is 48.5 Å². The molecule has 23 heavy (non-hydrogen) atoms. The van der Waals surface area contributed by atoms with Gasteiger partial charge in [0.05, 0.1) is 0 Å². The summed E-state index contributed by atoms with van der Waals surface area (Å²) in [5, 5.41) is 22.1. The van der Waals surface area contributed by atoms with Gasteiger partial charge < -0.3 is 5.11 Å². The van der Waals surface area contributed by atoms with Crippen LogP contribution >= 0.6 is 11.8 Å². The molecule has 0 spiro atoms. The van der Waals surface area contributed by atoms with Crippen molar-refractivity contribution in [3.8, 4) is 11.4 Å². The van der Waals surface area contributed by atoms with E-state index >= 15 is 0 Å². The molecule has 0 aliphatic heterocycles. The van der Waals surface area contributed by atoms with Gasteiger partial charge in [0.15, 0.2) is 11.5 Å². The Morgan fingerprint density at radius 1 is 1.22 bits per heavy atom. The third-order valence-corrected chi connectivity index (χ3v) is 4.74. The number of hydrogen-bond acceptors (Lipinski definition) is 5. The van der Waals surface area contributed by atoms with Crippen LogP contribution in [0.4, 0.5) is 0 Å². The van der Waals surface area contributed by atoms with E-state index in [1.54, 1.807) is 16.6 Å². The van der Waals surface area contributed by atoms with Crippen LogP contribution in [-0.4, -0.2) is 36.1 Å². The topological polar surface area (TPSA) is 80.4 Å². The van der Waals surface area contributed by atoms with Gasteiger partial charge in [-0.15, -0.1) is 10.2 Å². The van der Waals surface area contributed by atoms with Gasteiger partial charge in [-0.2, -0.15) is 9.61 Å². The fraction of sp³-hybridized carbons (Fsp3) is 0.250. The number of carboxylic acids is 1. The van der Waals surface area contributed by atoms with Crippen molar-refractivity contribution in [3.05, 3.63) is 42.0 Å². The average molecular weight is 328 g/mol. The molecule has 1 aromatic carbocycles. The third kappa shape index (κ3) is 3.19. The Hall–Kier alpha value is -2.41. The Kier molecular flexibility index (Phi) is 4.29. The van der Waals surface area contributed by atoms with E-state index in [1.165, 1.54) is 17.3 Å². The number of aryl methyl sites for hydroxylation is 1. The largest absolute Gasteiger partial charge is 0.480 e. The standard InChI is InChI=1S/C16H16N4O2S/c1-3-12(16(21)22)23-14-9-8-13-17-18-15(20(13)19-14)11-6-4-10(2)5-7-11/h4-9,12H,3H2,1-2H3,(H,21,22)/t12-/m0/s1. The summed E-state index contributed by atoms with van der Waals surface area (Å²) in [6, 6.07) is 11.5. The lowest BCUT2D eigenvalue weighted by Gasteiger charge is -2.08. The van der Waals surface area contributed by atoms with Gasteiger partial charge >= 0.3 is 5.97 Å². The molecule has 0 saturated heterocycles. The SMILES string of the molecule is CC[C@H](Sc1ccc2nnc(-c3ccc(C)cc3)n2n1)C(=O)O. The van der Waals surface area contributed by atoms with Crippen LogP contribution in [0.15, 0.2) is 41.4 Å². The first-order valence-electron chi connectivity index (χ1n) is 7.27. The highest BCUT2D eigenvalue weighted by Gasteiger charge is 2.18. The summed E-state index contributed by atoms with van der Waals surface area (Å²) < 4.78 is 1.65. The van der Waals surface area contributed by atoms with E-state index in [-0.39, 0.29) is 0 Å². The van der Waals surface area contributed by atoms with Crippen molar-refractivity contribution in [3.63, 3.8) is 0 Å². The summed E-state index contributed by atoms with van der Waals surface area (Å²) in [6.45, 7) is 3.87. The van der Waals surface area contributed by atoms with Gasteiger partial charge in [-0.05, 0) is 25.5 Å². The Morgan fingerprint density at radius 3 is 2.61 bits per heavy atom. The number of aliphatic carboxylic acids is 1. The average Bonchev–Trinajstić information content (AvgIpc) is 2.96. The van der Waals surface area contributed by atoms with Crippen LogP contribution in [-0.2, 0) is 4.79 Å². The van der Waals surface area contributed by atoms with E-state index in [0.29, 0.717) is 22.9 Å². The molecule has 1 atom stereocenters. The maximum Gasteiger partial charge on any atom is 0.317 e. The fourth-order valence-electron chi connectivity index (χ4n) is 2.17. The van der Waals surface area contributed by atoms with Crippen molar-refractivity contribution in [2.45, 2.75) is 30.5 Å². The van der Waals surface area contributed by atoms with E-state index in [2.05, 4.69) is 15.3 Å². The summed E-state index contributed by atoms with van der Waals surface area (Å²) in [4.78, 5) is 11.2. The number of hydrogen-bond donors (Lipinski definition) is 1. The molecule has 0 unspecified atom stereocenters. The third-order valence-electron chi connectivity index (χ3n) is 3.46. The van der Waals surface area contributed by atoms with E-state index in [1.807, 2.05) is 38.1 Å². The maximum atomic E-state index is 11.2. The molecule has 3 rings (SSSR count). The molecule has 0 saturated carbocycles. The minimum absolute atomic E-state index is 0.515. The van der Waals surface area contributed by atoms with Gasteiger partial charge in [-0.25, -0.2) is 0 Å². The second-order valence-corrected chi connectivity index (χ2v) is 6.41.